The quantitative estimate of drug-likeness (QED) is 0.294. The second-order valence-electron chi connectivity index (χ2n) is 9.43. The molecule has 0 bridgehead atoms. The van der Waals surface area contributed by atoms with Crippen LogP contribution in [0.1, 0.15) is 59.6 Å². The van der Waals surface area contributed by atoms with Crippen molar-refractivity contribution < 1.29 is 31.1 Å². The van der Waals surface area contributed by atoms with Crippen molar-refractivity contribution in [3.63, 3.8) is 0 Å². The molecule has 3 rings (SSSR count). The van der Waals surface area contributed by atoms with E-state index in [1.165, 1.54) is 36.3 Å². The fourth-order valence-corrected chi connectivity index (χ4v) is 4.17. The van der Waals surface area contributed by atoms with Crippen LogP contribution in [0.4, 0.5) is 18.9 Å². The number of nitrogens with one attached hydrogen (secondary N) is 2. The Bertz CT molecular complexity index is 1230. The summed E-state index contributed by atoms with van der Waals surface area (Å²) in [6.07, 6.45) is -3.99. The van der Waals surface area contributed by atoms with Crippen molar-refractivity contribution in [1.82, 2.24) is 10.0 Å². The van der Waals surface area contributed by atoms with Gasteiger partial charge in [-0.1, -0.05) is 44.2 Å². The summed E-state index contributed by atoms with van der Waals surface area (Å²) in [5, 5.41) is 7.85. The first-order chi connectivity index (χ1) is 18.6. The van der Waals surface area contributed by atoms with Crippen LogP contribution in [0, 0.1) is 0 Å². The van der Waals surface area contributed by atoms with Gasteiger partial charge >= 0.3 is 6.18 Å². The third-order valence-corrected chi connectivity index (χ3v) is 6.55. The van der Waals surface area contributed by atoms with E-state index in [1.807, 2.05) is 34.6 Å². The molecule has 2 unspecified atom stereocenters. The number of hydrazone groups is 1. The van der Waals surface area contributed by atoms with Crippen molar-refractivity contribution in [2.75, 3.05) is 12.1 Å². The van der Waals surface area contributed by atoms with Crippen molar-refractivity contribution in [1.29, 1.82) is 0 Å². The summed E-state index contributed by atoms with van der Waals surface area (Å²) in [7, 11) is -2.34. The van der Waals surface area contributed by atoms with Crippen LogP contribution in [0.25, 0.3) is 0 Å². The van der Waals surface area contributed by atoms with Gasteiger partial charge in [0.2, 0.25) is 10.0 Å². The number of halogens is 3. The lowest BCUT2D eigenvalue weighted by Gasteiger charge is -2.24. The Morgan fingerprint density at radius 3 is 2.10 bits per heavy atom. The fourth-order valence-electron chi connectivity index (χ4n) is 3.44. The highest BCUT2D eigenvalue weighted by atomic mass is 32.2. The molecular formula is C28H39F3N4O4S. The van der Waals surface area contributed by atoms with Crippen molar-refractivity contribution in [3.8, 4) is 0 Å². The van der Waals surface area contributed by atoms with Crippen molar-refractivity contribution in [3.05, 3.63) is 72.6 Å². The van der Waals surface area contributed by atoms with E-state index in [-0.39, 0.29) is 23.0 Å². The molecule has 0 saturated carbocycles. The molecule has 1 heterocycles. The van der Waals surface area contributed by atoms with Crippen molar-refractivity contribution in [2.24, 2.45) is 5.10 Å². The topological polar surface area (TPSA) is 100 Å². The number of nitrogens with zero attached hydrogens (tertiary/aromatic N) is 2. The number of alkyl halides is 3. The Kier molecular flexibility index (Phi) is 12.9. The standard InChI is InChI=1S/C17H16F3N3O2S.C9H17NO2.C2H6/c1-21-26(24,25)14-9-7-13(8-10-14)23-15(12-5-3-2-4-6-12)11-16(22-23)17(18,19)20;1-7(6-11)10-8(2)12-9(3,4)5;1-2/h2-10,15,21H,11H2,1H3;6-7,10H,2H2,1,3-5H3;1-2H3. The average Bonchev–Trinajstić information content (AvgIpc) is 3.36. The zero-order valence-corrected chi connectivity index (χ0v) is 24.7. The lowest BCUT2D eigenvalue weighted by molar-refractivity contribution is -0.109. The number of hydrogen-bond donors (Lipinski definition) is 2. The summed E-state index contributed by atoms with van der Waals surface area (Å²) < 4.78 is 70.6. The maximum absolute atomic E-state index is 13.2. The Morgan fingerprint density at radius 1 is 1.10 bits per heavy atom. The Balaban J connectivity index is 0.000000484. The van der Waals surface area contributed by atoms with Gasteiger partial charge in [-0.05, 0) is 71.2 Å². The Labute approximate surface area is 235 Å². The van der Waals surface area contributed by atoms with Crippen LogP contribution in [0.3, 0.4) is 0 Å². The lowest BCUT2D eigenvalue weighted by Crippen LogP contribution is -2.31. The molecule has 0 amide bonds. The highest BCUT2D eigenvalue weighted by Gasteiger charge is 2.43. The first kappa shape index (κ1) is 34.6. The number of carbonyl (C=O) groups is 1. The van der Waals surface area contributed by atoms with E-state index in [0.29, 0.717) is 17.1 Å². The van der Waals surface area contributed by atoms with Crippen LogP contribution in [0.2, 0.25) is 0 Å². The maximum atomic E-state index is 13.2. The fraction of sp³-hybridized carbons (Fsp3) is 0.429. The number of rotatable bonds is 8. The van der Waals surface area contributed by atoms with E-state index in [2.05, 4.69) is 21.7 Å². The molecule has 2 N–H and O–H groups in total. The van der Waals surface area contributed by atoms with Crippen LogP contribution >= 0.6 is 0 Å². The molecule has 1 aliphatic rings. The molecule has 2 atom stereocenters. The molecule has 0 aliphatic carbocycles. The van der Waals surface area contributed by atoms with Gasteiger partial charge in [-0.15, -0.1) is 0 Å². The number of aldehydes is 1. The minimum absolute atomic E-state index is 0.0271. The SMILES string of the molecule is C=C(NC(C)C=O)OC(C)(C)C.CC.CNS(=O)(=O)c1ccc(N2N=C(C(F)(F)F)CC2c2ccccc2)cc1. The molecule has 2 aromatic carbocycles. The largest absolute Gasteiger partial charge is 0.474 e. The smallest absolute Gasteiger partial charge is 0.431 e. The van der Waals surface area contributed by atoms with Gasteiger partial charge < -0.3 is 14.8 Å². The van der Waals surface area contributed by atoms with Crippen LogP contribution in [0.15, 0.2) is 77.1 Å². The van der Waals surface area contributed by atoms with Crippen LogP contribution < -0.4 is 15.0 Å². The third kappa shape index (κ3) is 10.6. The first-order valence-electron chi connectivity index (χ1n) is 12.7. The lowest BCUT2D eigenvalue weighted by atomic mass is 10.0. The average molecular weight is 585 g/mol. The van der Waals surface area contributed by atoms with Gasteiger partial charge in [0.25, 0.3) is 0 Å². The van der Waals surface area contributed by atoms with E-state index in [0.717, 1.165) is 6.29 Å². The summed E-state index contributed by atoms with van der Waals surface area (Å²) >= 11 is 0. The summed E-state index contributed by atoms with van der Waals surface area (Å²) in [6, 6.07) is 13.5. The summed E-state index contributed by atoms with van der Waals surface area (Å²) in [6.45, 7) is 15.1. The van der Waals surface area contributed by atoms with E-state index >= 15 is 0 Å². The van der Waals surface area contributed by atoms with Crippen molar-refractivity contribution >= 4 is 27.7 Å². The van der Waals surface area contributed by atoms with Crippen LogP contribution in [-0.4, -0.2) is 45.3 Å². The van der Waals surface area contributed by atoms with Crippen molar-refractivity contribution in [2.45, 2.75) is 76.7 Å². The molecule has 12 heteroatoms. The molecule has 222 valence electrons. The van der Waals surface area contributed by atoms with Crippen LogP contribution in [-0.2, 0) is 19.6 Å². The Morgan fingerprint density at radius 2 is 1.65 bits per heavy atom. The Hall–Kier alpha value is -3.38. The molecule has 0 spiro atoms. The van der Waals surface area contributed by atoms with Crippen LogP contribution in [0.5, 0.6) is 0 Å². The first-order valence-corrected chi connectivity index (χ1v) is 14.2. The number of benzene rings is 2. The van der Waals surface area contributed by atoms with E-state index in [4.69, 9.17) is 4.74 Å². The zero-order valence-electron chi connectivity index (χ0n) is 23.9. The number of carbonyl (C=O) groups excluding carboxylic acids is 1. The minimum Gasteiger partial charge on any atom is -0.474 e. The minimum atomic E-state index is -4.52. The molecule has 1 aliphatic heterocycles. The van der Waals surface area contributed by atoms with Gasteiger partial charge in [-0.25, -0.2) is 13.1 Å². The molecule has 0 saturated heterocycles. The highest BCUT2D eigenvalue weighted by Crippen LogP contribution is 2.39. The predicted octanol–water partition coefficient (Wildman–Crippen LogP) is 5.94. The van der Waals surface area contributed by atoms with Gasteiger partial charge in [-0.3, -0.25) is 5.01 Å². The summed E-state index contributed by atoms with van der Waals surface area (Å²) in [4.78, 5) is 10.3. The number of anilines is 1. The zero-order chi connectivity index (χ0) is 30.7. The number of sulfonamides is 1. The molecule has 0 radical (unpaired) electrons. The van der Waals surface area contributed by atoms with Gasteiger partial charge in [0.1, 0.15) is 17.6 Å². The van der Waals surface area contributed by atoms with Gasteiger partial charge in [0.05, 0.1) is 22.7 Å². The monoisotopic (exact) mass is 584 g/mol. The molecule has 0 fully saturated rings. The number of hydrogen-bond acceptors (Lipinski definition) is 7. The van der Waals surface area contributed by atoms with Gasteiger partial charge in [0.15, 0.2) is 5.88 Å². The van der Waals surface area contributed by atoms with Gasteiger partial charge in [0, 0.05) is 6.42 Å². The molecule has 2 aromatic rings. The van der Waals surface area contributed by atoms with E-state index in [9.17, 15) is 26.4 Å². The second-order valence-corrected chi connectivity index (χ2v) is 11.3. The molecular weight excluding hydrogens is 545 g/mol. The normalized spacial score (nSPS) is 15.9. The predicted molar refractivity (Wildman–Crippen MR) is 152 cm³/mol. The summed E-state index contributed by atoms with van der Waals surface area (Å²) in [5.74, 6) is 0.433. The van der Waals surface area contributed by atoms with E-state index < -0.39 is 28.0 Å². The summed E-state index contributed by atoms with van der Waals surface area (Å²) in [5.41, 5.74) is -0.0546. The second kappa shape index (κ2) is 14.8. The molecule has 0 aromatic heterocycles. The maximum Gasteiger partial charge on any atom is 0.431 e. The molecule has 8 nitrogen and oxygen atoms in total. The number of ether oxygens (including phenoxy) is 1. The third-order valence-electron chi connectivity index (χ3n) is 5.12. The highest BCUT2D eigenvalue weighted by molar-refractivity contribution is 7.89. The van der Waals surface area contributed by atoms with E-state index in [1.54, 1.807) is 37.3 Å². The van der Waals surface area contributed by atoms with Gasteiger partial charge in [-0.2, -0.15) is 18.3 Å². The molecule has 40 heavy (non-hydrogen) atoms.